The first-order valence-corrected chi connectivity index (χ1v) is 8.65. The number of hydrogen-bond acceptors (Lipinski definition) is 6. The summed E-state index contributed by atoms with van der Waals surface area (Å²) in [7, 11) is 2.72. The number of benzene rings is 1. The number of rotatable bonds is 3. The number of ether oxygens (including phenoxy) is 2. The summed E-state index contributed by atoms with van der Waals surface area (Å²) in [5.41, 5.74) is 2.95. The molecule has 2 N–H and O–H groups in total. The van der Waals surface area contributed by atoms with Gasteiger partial charge in [0.25, 0.3) is 0 Å². The summed E-state index contributed by atoms with van der Waals surface area (Å²) in [5, 5.41) is 13.3. The fourth-order valence-corrected chi connectivity index (χ4v) is 3.83. The van der Waals surface area contributed by atoms with Crippen molar-refractivity contribution in [3.63, 3.8) is 0 Å². The second-order valence-corrected chi connectivity index (χ2v) is 6.72. The van der Waals surface area contributed by atoms with Crippen LogP contribution in [0.2, 0.25) is 5.02 Å². The summed E-state index contributed by atoms with van der Waals surface area (Å²) >= 11 is 6.15. The van der Waals surface area contributed by atoms with Crippen LogP contribution in [0.1, 0.15) is 37.7 Å². The van der Waals surface area contributed by atoms with Crippen LogP contribution in [0.4, 0.5) is 0 Å². The van der Waals surface area contributed by atoms with Crippen LogP contribution in [0.3, 0.4) is 0 Å². The summed E-state index contributed by atoms with van der Waals surface area (Å²) in [6.45, 7) is 1.78. The Morgan fingerprint density at radius 3 is 2.69 bits per heavy atom. The molecule has 0 saturated carbocycles. The lowest BCUT2D eigenvalue weighted by Crippen LogP contribution is -2.34. The third kappa shape index (κ3) is 2.94. The van der Waals surface area contributed by atoms with Gasteiger partial charge in [-0.25, -0.2) is 4.79 Å². The number of carbonyl (C=O) groups is 2. The molecule has 0 aromatic heterocycles. The summed E-state index contributed by atoms with van der Waals surface area (Å²) in [5.74, 6) is -1.16. The van der Waals surface area contributed by atoms with Gasteiger partial charge in [-0.2, -0.15) is 0 Å². The van der Waals surface area contributed by atoms with Gasteiger partial charge in [-0.3, -0.25) is 4.79 Å². The van der Waals surface area contributed by atoms with Crippen molar-refractivity contribution in [1.82, 2.24) is 5.32 Å². The molecule has 1 unspecified atom stereocenters. The summed E-state index contributed by atoms with van der Waals surface area (Å²) in [6, 6.07) is 3.15. The van der Waals surface area contributed by atoms with Gasteiger partial charge in [-0.1, -0.05) is 11.6 Å². The van der Waals surface area contributed by atoms with E-state index in [1.807, 2.05) is 0 Å². The van der Waals surface area contributed by atoms with Crippen molar-refractivity contribution in [3.8, 4) is 11.5 Å². The van der Waals surface area contributed by atoms with Crippen LogP contribution in [-0.2, 0) is 14.3 Å². The molecule has 1 aliphatic carbocycles. The van der Waals surface area contributed by atoms with Gasteiger partial charge in [-0.15, -0.1) is 0 Å². The molecule has 3 rings (SSSR count). The molecule has 0 bridgehead atoms. The van der Waals surface area contributed by atoms with Gasteiger partial charge in [-0.05, 0) is 37.5 Å². The highest BCUT2D eigenvalue weighted by Gasteiger charge is 2.39. The molecule has 138 valence electrons. The number of allylic oxidation sites excluding steroid dienone is 3. The lowest BCUT2D eigenvalue weighted by molar-refractivity contribution is -0.136. The topological polar surface area (TPSA) is 84.9 Å². The van der Waals surface area contributed by atoms with Crippen LogP contribution >= 0.6 is 11.6 Å². The van der Waals surface area contributed by atoms with E-state index >= 15 is 0 Å². The predicted octanol–water partition coefficient (Wildman–Crippen LogP) is 3.20. The maximum Gasteiger partial charge on any atom is 0.336 e. The van der Waals surface area contributed by atoms with Crippen molar-refractivity contribution in [2.24, 2.45) is 0 Å². The standard InChI is InChI=1S/C19H20ClNO5/c1-9-15(19(24)26-3)16(17-12(21-9)5-4-6-13(17)22)10-7-11(20)18(23)14(8-10)25-2/h7-8,16,21,23H,4-6H2,1-3H3. The molecule has 7 heteroatoms. The summed E-state index contributed by atoms with van der Waals surface area (Å²) in [4.78, 5) is 25.2. The Morgan fingerprint density at radius 1 is 1.31 bits per heavy atom. The lowest BCUT2D eigenvalue weighted by Gasteiger charge is -2.34. The molecule has 0 radical (unpaired) electrons. The third-order valence-electron chi connectivity index (χ3n) is 4.79. The number of dihydropyridines is 1. The van der Waals surface area contributed by atoms with Gasteiger partial charge >= 0.3 is 5.97 Å². The zero-order valence-corrected chi connectivity index (χ0v) is 15.6. The van der Waals surface area contributed by atoms with Gasteiger partial charge in [0.1, 0.15) is 0 Å². The van der Waals surface area contributed by atoms with Crippen molar-refractivity contribution < 1.29 is 24.2 Å². The number of carbonyl (C=O) groups excluding carboxylic acids is 2. The monoisotopic (exact) mass is 377 g/mol. The number of esters is 1. The Kier molecular flexibility index (Phi) is 4.96. The van der Waals surface area contributed by atoms with E-state index in [0.29, 0.717) is 28.8 Å². The first kappa shape index (κ1) is 18.3. The normalized spacial score (nSPS) is 19.8. The maximum absolute atomic E-state index is 12.7. The van der Waals surface area contributed by atoms with E-state index in [1.54, 1.807) is 19.1 Å². The number of hydrogen-bond donors (Lipinski definition) is 2. The second-order valence-electron chi connectivity index (χ2n) is 6.31. The second kappa shape index (κ2) is 7.03. The number of phenols is 1. The predicted molar refractivity (Wildman–Crippen MR) is 96.1 cm³/mol. The van der Waals surface area contributed by atoms with Gasteiger partial charge < -0.3 is 19.9 Å². The number of nitrogens with one attached hydrogen (secondary N) is 1. The highest BCUT2D eigenvalue weighted by Crippen LogP contribution is 2.46. The fourth-order valence-electron chi connectivity index (χ4n) is 3.61. The number of aromatic hydroxyl groups is 1. The number of halogens is 1. The molecule has 2 aliphatic rings. The van der Waals surface area contributed by atoms with Crippen LogP contribution in [0, 0.1) is 0 Å². The van der Waals surface area contributed by atoms with Crippen LogP contribution in [0.5, 0.6) is 11.5 Å². The van der Waals surface area contributed by atoms with Gasteiger partial charge in [0.2, 0.25) is 0 Å². The van der Waals surface area contributed by atoms with Gasteiger partial charge in [0, 0.05) is 29.3 Å². The van der Waals surface area contributed by atoms with Crippen LogP contribution < -0.4 is 10.1 Å². The molecule has 6 nitrogen and oxygen atoms in total. The molecule has 1 heterocycles. The molecule has 1 aromatic rings. The van der Waals surface area contributed by atoms with Crippen LogP contribution in [-0.4, -0.2) is 31.1 Å². The smallest absolute Gasteiger partial charge is 0.336 e. The molecule has 1 atom stereocenters. The van der Waals surface area contributed by atoms with E-state index in [2.05, 4.69) is 5.32 Å². The average Bonchev–Trinajstić information content (AvgIpc) is 2.62. The maximum atomic E-state index is 12.7. The van der Waals surface area contributed by atoms with Crippen molar-refractivity contribution >= 4 is 23.4 Å². The Hall–Kier alpha value is -2.47. The van der Waals surface area contributed by atoms with E-state index in [-0.39, 0.29) is 22.3 Å². The van der Waals surface area contributed by atoms with Crippen LogP contribution in [0.25, 0.3) is 0 Å². The molecule has 0 spiro atoms. The fraction of sp³-hybridized carbons (Fsp3) is 0.368. The van der Waals surface area contributed by atoms with E-state index in [0.717, 1.165) is 18.5 Å². The third-order valence-corrected chi connectivity index (χ3v) is 5.07. The Labute approximate surface area is 156 Å². The number of Topliss-reactive ketones (excluding diaryl/α,β-unsaturated/α-hetero) is 1. The number of phenolic OH excluding ortho intramolecular Hbond substituents is 1. The summed E-state index contributed by atoms with van der Waals surface area (Å²) in [6.07, 6.45) is 1.91. The average molecular weight is 378 g/mol. The summed E-state index contributed by atoms with van der Waals surface area (Å²) < 4.78 is 10.1. The van der Waals surface area contributed by atoms with E-state index < -0.39 is 11.9 Å². The highest BCUT2D eigenvalue weighted by atomic mass is 35.5. The molecule has 1 aromatic carbocycles. The molecule has 26 heavy (non-hydrogen) atoms. The van der Waals surface area contributed by atoms with Gasteiger partial charge in [0.15, 0.2) is 17.3 Å². The zero-order chi connectivity index (χ0) is 19.0. The molecular formula is C19H20ClNO5. The first-order chi connectivity index (χ1) is 12.4. The van der Waals surface area contributed by atoms with Crippen molar-refractivity contribution in [1.29, 1.82) is 0 Å². The molecular weight excluding hydrogens is 358 g/mol. The van der Waals surface area contributed by atoms with Crippen molar-refractivity contribution in [2.45, 2.75) is 32.1 Å². The Balaban J connectivity index is 2.25. The van der Waals surface area contributed by atoms with Crippen molar-refractivity contribution in [2.75, 3.05) is 14.2 Å². The van der Waals surface area contributed by atoms with Gasteiger partial charge in [0.05, 0.1) is 24.8 Å². The SMILES string of the molecule is COC(=O)C1=C(C)NC2=C(C(=O)CCC2)C1c1cc(Cl)c(O)c(OC)c1. The Bertz CT molecular complexity index is 856. The first-order valence-electron chi connectivity index (χ1n) is 8.27. The van der Waals surface area contributed by atoms with Crippen LogP contribution in [0.15, 0.2) is 34.7 Å². The zero-order valence-electron chi connectivity index (χ0n) is 14.8. The minimum Gasteiger partial charge on any atom is -0.503 e. The minimum atomic E-state index is -0.626. The highest BCUT2D eigenvalue weighted by molar-refractivity contribution is 6.32. The largest absolute Gasteiger partial charge is 0.503 e. The molecule has 0 fully saturated rings. The molecule has 0 saturated heterocycles. The van der Waals surface area contributed by atoms with E-state index in [4.69, 9.17) is 21.1 Å². The number of methoxy groups -OCH3 is 2. The lowest BCUT2D eigenvalue weighted by atomic mass is 9.75. The molecule has 1 aliphatic heterocycles. The molecule has 0 amide bonds. The van der Waals surface area contributed by atoms with E-state index in [9.17, 15) is 14.7 Å². The van der Waals surface area contributed by atoms with Crippen molar-refractivity contribution in [3.05, 3.63) is 45.3 Å². The quantitative estimate of drug-likeness (QED) is 0.787. The number of ketones is 1. The Morgan fingerprint density at radius 2 is 2.04 bits per heavy atom. The minimum absolute atomic E-state index is 0.0131. The van der Waals surface area contributed by atoms with E-state index in [1.165, 1.54) is 14.2 Å².